The molecular weight excluding hydrogens is 420 g/mol. The summed E-state index contributed by atoms with van der Waals surface area (Å²) in [5.74, 6) is -2.91. The number of carbonyl (C=O) groups excluding carboxylic acids is 2. The van der Waals surface area contributed by atoms with Crippen LogP contribution in [-0.4, -0.2) is 53.4 Å². The number of hydrogen-bond donors (Lipinski definition) is 2. The van der Waals surface area contributed by atoms with Crippen molar-refractivity contribution in [3.05, 3.63) is 36.0 Å². The lowest BCUT2D eigenvalue weighted by Crippen LogP contribution is -2.47. The number of methoxy groups -OCH3 is 1. The summed E-state index contributed by atoms with van der Waals surface area (Å²) in [5, 5.41) is 18.6. The van der Waals surface area contributed by atoms with Crippen molar-refractivity contribution in [1.82, 2.24) is 0 Å². The van der Waals surface area contributed by atoms with Gasteiger partial charge < -0.3 is 24.1 Å². The van der Waals surface area contributed by atoms with Gasteiger partial charge in [0, 0.05) is 32.3 Å². The molecule has 9 nitrogen and oxygen atoms in total. The molecule has 1 saturated heterocycles. The molecule has 180 valence electrons. The van der Waals surface area contributed by atoms with E-state index in [1.807, 2.05) is 0 Å². The predicted molar refractivity (Wildman–Crippen MR) is 115 cm³/mol. The van der Waals surface area contributed by atoms with E-state index in [-0.39, 0.29) is 12.2 Å². The summed E-state index contributed by atoms with van der Waals surface area (Å²) in [4.78, 5) is 39.1. The van der Waals surface area contributed by atoms with E-state index in [9.17, 15) is 19.5 Å². The SMILES string of the molecule is C=C(CCCC(C)=O)C1C(OC(C)=O)OC(OC)C(=CC=CC(C)(C)OO)C1CC(=O)O. The molecule has 1 heterocycles. The number of aliphatic carboxylic acids is 1. The van der Waals surface area contributed by atoms with Crippen LogP contribution in [0.2, 0.25) is 0 Å². The number of allylic oxidation sites excluding steroid dienone is 2. The van der Waals surface area contributed by atoms with Crippen molar-refractivity contribution in [3.8, 4) is 0 Å². The summed E-state index contributed by atoms with van der Waals surface area (Å²) >= 11 is 0. The van der Waals surface area contributed by atoms with E-state index in [0.717, 1.165) is 0 Å². The highest BCUT2D eigenvalue weighted by Gasteiger charge is 2.45. The first-order chi connectivity index (χ1) is 14.9. The topological polar surface area (TPSA) is 129 Å². The van der Waals surface area contributed by atoms with Crippen LogP contribution in [0.25, 0.3) is 0 Å². The molecule has 2 N–H and O–H groups in total. The summed E-state index contributed by atoms with van der Waals surface area (Å²) in [6.07, 6.45) is 3.82. The Kier molecular flexibility index (Phi) is 10.9. The highest BCUT2D eigenvalue weighted by atomic mass is 17.1. The fraction of sp³-hybridized carbons (Fsp3) is 0.609. The average Bonchev–Trinajstić information content (AvgIpc) is 2.67. The van der Waals surface area contributed by atoms with Gasteiger partial charge in [-0.2, -0.15) is 0 Å². The Morgan fingerprint density at radius 3 is 2.38 bits per heavy atom. The van der Waals surface area contributed by atoms with Gasteiger partial charge in [0.15, 0.2) is 6.29 Å². The van der Waals surface area contributed by atoms with Gasteiger partial charge in [-0.25, -0.2) is 4.89 Å². The maximum Gasteiger partial charge on any atom is 0.304 e. The third-order valence-corrected chi connectivity index (χ3v) is 5.10. The van der Waals surface area contributed by atoms with E-state index in [1.54, 1.807) is 32.1 Å². The molecule has 1 rings (SSSR count). The largest absolute Gasteiger partial charge is 0.481 e. The fourth-order valence-electron chi connectivity index (χ4n) is 3.58. The van der Waals surface area contributed by atoms with Gasteiger partial charge in [0.25, 0.3) is 0 Å². The molecular formula is C23H34O9. The van der Waals surface area contributed by atoms with Crippen molar-refractivity contribution in [2.45, 2.75) is 71.6 Å². The number of carboxylic acids is 1. The van der Waals surface area contributed by atoms with Gasteiger partial charge in [-0.1, -0.05) is 30.4 Å². The molecule has 0 saturated carbocycles. The normalized spacial score (nSPS) is 25.1. The zero-order valence-electron chi connectivity index (χ0n) is 19.3. The molecule has 1 fully saturated rings. The summed E-state index contributed by atoms with van der Waals surface area (Å²) in [6.45, 7) is 10.1. The Morgan fingerprint density at radius 2 is 1.88 bits per heavy atom. The van der Waals surface area contributed by atoms with Crippen molar-refractivity contribution < 1.29 is 43.8 Å². The van der Waals surface area contributed by atoms with Gasteiger partial charge in [0.1, 0.15) is 11.4 Å². The second kappa shape index (κ2) is 12.6. The predicted octanol–water partition coefficient (Wildman–Crippen LogP) is 3.65. The number of Topliss-reactive ketones (excluding diaryl/α,β-unsaturated/α-hetero) is 1. The average molecular weight is 455 g/mol. The van der Waals surface area contributed by atoms with Crippen LogP contribution in [0.4, 0.5) is 0 Å². The zero-order chi connectivity index (χ0) is 24.5. The van der Waals surface area contributed by atoms with E-state index < -0.39 is 42.0 Å². The molecule has 1 aliphatic heterocycles. The minimum atomic E-state index is -1.09. The lowest BCUT2D eigenvalue weighted by molar-refractivity contribution is -0.297. The molecule has 0 spiro atoms. The number of ketones is 1. The van der Waals surface area contributed by atoms with Crippen molar-refractivity contribution >= 4 is 17.7 Å². The Balaban J connectivity index is 3.40. The van der Waals surface area contributed by atoms with E-state index in [2.05, 4.69) is 11.5 Å². The number of carbonyl (C=O) groups is 3. The summed E-state index contributed by atoms with van der Waals surface area (Å²) in [6, 6.07) is 0. The maximum atomic E-state index is 11.7. The van der Waals surface area contributed by atoms with Gasteiger partial charge in [-0.15, -0.1) is 0 Å². The molecule has 0 aromatic carbocycles. The lowest BCUT2D eigenvalue weighted by atomic mass is 9.75. The Hall–Kier alpha value is -2.33. The van der Waals surface area contributed by atoms with Crippen LogP contribution in [-0.2, 0) is 33.5 Å². The highest BCUT2D eigenvalue weighted by Crippen LogP contribution is 2.43. The number of esters is 1. The van der Waals surface area contributed by atoms with Crippen molar-refractivity contribution in [1.29, 1.82) is 0 Å². The van der Waals surface area contributed by atoms with Crippen LogP contribution in [0.15, 0.2) is 36.0 Å². The summed E-state index contributed by atoms with van der Waals surface area (Å²) in [7, 11) is 1.40. The molecule has 4 unspecified atom stereocenters. The summed E-state index contributed by atoms with van der Waals surface area (Å²) < 4.78 is 16.6. The van der Waals surface area contributed by atoms with Crippen LogP contribution in [0.1, 0.15) is 53.4 Å². The van der Waals surface area contributed by atoms with Gasteiger partial charge in [0.2, 0.25) is 6.29 Å². The van der Waals surface area contributed by atoms with Gasteiger partial charge in [-0.05, 0) is 39.2 Å². The molecule has 0 radical (unpaired) electrons. The van der Waals surface area contributed by atoms with E-state index in [4.69, 9.17) is 19.5 Å². The van der Waals surface area contributed by atoms with Crippen molar-refractivity contribution in [2.75, 3.05) is 7.11 Å². The molecule has 32 heavy (non-hydrogen) atoms. The Labute approximate surface area is 188 Å². The number of carboxylic acid groups (broad SMARTS) is 1. The number of hydrogen-bond acceptors (Lipinski definition) is 8. The summed E-state index contributed by atoms with van der Waals surface area (Å²) in [5.41, 5.74) is 0.168. The molecule has 0 aromatic rings. The van der Waals surface area contributed by atoms with E-state index in [1.165, 1.54) is 21.0 Å². The van der Waals surface area contributed by atoms with Gasteiger partial charge in [-0.3, -0.25) is 14.8 Å². The van der Waals surface area contributed by atoms with E-state index >= 15 is 0 Å². The van der Waals surface area contributed by atoms with Crippen LogP contribution in [0, 0.1) is 11.8 Å². The first kappa shape index (κ1) is 27.7. The fourth-order valence-corrected chi connectivity index (χ4v) is 3.58. The molecule has 0 aliphatic carbocycles. The third-order valence-electron chi connectivity index (χ3n) is 5.10. The van der Waals surface area contributed by atoms with E-state index in [0.29, 0.717) is 30.4 Å². The number of ether oxygens (including phenoxy) is 3. The van der Waals surface area contributed by atoms with Crippen LogP contribution >= 0.6 is 0 Å². The minimum Gasteiger partial charge on any atom is -0.481 e. The molecule has 0 aromatic heterocycles. The maximum absolute atomic E-state index is 11.7. The monoisotopic (exact) mass is 454 g/mol. The van der Waals surface area contributed by atoms with Gasteiger partial charge >= 0.3 is 11.9 Å². The Bertz CT molecular complexity index is 751. The number of rotatable bonds is 12. The standard InChI is InChI=1S/C23H34O9/c1-14(9-7-10-15(2)24)20-18(13-19(26)27)17(11-8-12-23(4,5)32-28)21(29-6)31-22(20)30-16(3)25/h8,11-12,18,20-22,28H,1,7,9-10,13H2,2-6H3,(H,26,27). The smallest absolute Gasteiger partial charge is 0.304 e. The van der Waals surface area contributed by atoms with Crippen molar-refractivity contribution in [2.24, 2.45) is 11.8 Å². The first-order valence-corrected chi connectivity index (χ1v) is 10.4. The third kappa shape index (κ3) is 8.66. The first-order valence-electron chi connectivity index (χ1n) is 10.4. The van der Waals surface area contributed by atoms with Crippen LogP contribution < -0.4 is 0 Å². The lowest BCUT2D eigenvalue weighted by Gasteiger charge is -2.43. The molecule has 1 aliphatic rings. The quantitative estimate of drug-likeness (QED) is 0.196. The Morgan fingerprint density at radius 1 is 1.22 bits per heavy atom. The second-order valence-electron chi connectivity index (χ2n) is 8.35. The van der Waals surface area contributed by atoms with Crippen LogP contribution in [0.3, 0.4) is 0 Å². The minimum absolute atomic E-state index is 0.0372. The highest BCUT2D eigenvalue weighted by molar-refractivity contribution is 5.75. The van der Waals surface area contributed by atoms with Gasteiger partial charge in [0.05, 0.1) is 6.42 Å². The zero-order valence-corrected chi connectivity index (χ0v) is 19.3. The molecule has 0 bridgehead atoms. The second-order valence-corrected chi connectivity index (χ2v) is 8.35. The van der Waals surface area contributed by atoms with Crippen molar-refractivity contribution in [3.63, 3.8) is 0 Å². The molecule has 9 heteroatoms. The molecule has 4 atom stereocenters. The molecule has 0 amide bonds. The van der Waals surface area contributed by atoms with Crippen LogP contribution in [0.5, 0.6) is 0 Å².